The molecule has 0 aliphatic heterocycles. The van der Waals surface area contributed by atoms with Gasteiger partial charge in [0.25, 0.3) is 0 Å². The Labute approximate surface area is 214 Å². The predicted octanol–water partition coefficient (Wildman–Crippen LogP) is 5.90. The number of benzene rings is 2. The summed E-state index contributed by atoms with van der Waals surface area (Å²) in [5.41, 5.74) is -0.252. The maximum absolute atomic E-state index is 13.4. The van der Waals surface area contributed by atoms with Gasteiger partial charge in [-0.15, -0.1) is 0 Å². The van der Waals surface area contributed by atoms with E-state index < -0.39 is 40.7 Å². The number of hydrogen-bond acceptors (Lipinski definition) is 6. The van der Waals surface area contributed by atoms with Gasteiger partial charge in [-0.2, -0.15) is 0 Å². The van der Waals surface area contributed by atoms with E-state index >= 15 is 0 Å². The van der Waals surface area contributed by atoms with Crippen molar-refractivity contribution in [3.8, 4) is 0 Å². The number of hydrogen-bond donors (Lipinski definition) is 0. The lowest BCUT2D eigenvalue weighted by atomic mass is 9.76. The summed E-state index contributed by atoms with van der Waals surface area (Å²) in [6.45, 7) is 14.5. The van der Waals surface area contributed by atoms with E-state index in [-0.39, 0.29) is 6.61 Å². The molecule has 0 aliphatic rings. The molecule has 1 atom stereocenters. The first-order chi connectivity index (χ1) is 16.5. The first-order valence-electron chi connectivity index (χ1n) is 12.0. The smallest absolute Gasteiger partial charge is 0.410 e. The monoisotopic (exact) mass is 497 g/mol. The van der Waals surface area contributed by atoms with Gasteiger partial charge < -0.3 is 14.2 Å². The Bertz CT molecular complexity index is 1050. The van der Waals surface area contributed by atoms with Crippen molar-refractivity contribution < 1.29 is 28.6 Å². The lowest BCUT2D eigenvalue weighted by Crippen LogP contribution is -2.54. The highest BCUT2D eigenvalue weighted by Crippen LogP contribution is 2.32. The summed E-state index contributed by atoms with van der Waals surface area (Å²) in [7, 11) is 1.53. The first-order valence-corrected chi connectivity index (χ1v) is 12.0. The molecule has 196 valence electrons. The molecule has 0 aromatic heterocycles. The third kappa shape index (κ3) is 8.11. The molecule has 0 fully saturated rings. The predicted molar refractivity (Wildman–Crippen MR) is 139 cm³/mol. The van der Waals surface area contributed by atoms with E-state index in [2.05, 4.69) is 0 Å². The Hall–Kier alpha value is -3.35. The summed E-state index contributed by atoms with van der Waals surface area (Å²) >= 11 is 0. The van der Waals surface area contributed by atoms with Crippen LogP contribution in [0, 0.1) is 0 Å². The molecule has 0 saturated carbocycles. The quantitative estimate of drug-likeness (QED) is 0.350. The van der Waals surface area contributed by atoms with Gasteiger partial charge in [-0.05, 0) is 64.8 Å². The zero-order valence-corrected chi connectivity index (χ0v) is 22.9. The summed E-state index contributed by atoms with van der Waals surface area (Å²) in [5.74, 6) is -0.995. The van der Waals surface area contributed by atoms with Crippen LogP contribution >= 0.6 is 0 Å². The Morgan fingerprint density at radius 3 is 1.81 bits per heavy atom. The van der Waals surface area contributed by atoms with Gasteiger partial charge in [0, 0.05) is 12.5 Å². The molecule has 7 heteroatoms. The molecule has 0 bridgehead atoms. The second-order valence-corrected chi connectivity index (χ2v) is 11.4. The minimum atomic E-state index is -0.997. The van der Waals surface area contributed by atoms with Crippen LogP contribution in [0.15, 0.2) is 54.6 Å². The number of rotatable bonds is 7. The van der Waals surface area contributed by atoms with Crippen LogP contribution in [0.1, 0.15) is 76.9 Å². The molecule has 0 spiro atoms. The average molecular weight is 498 g/mol. The van der Waals surface area contributed by atoms with Gasteiger partial charge in [0.15, 0.2) is 0 Å². The lowest BCUT2D eigenvalue weighted by Gasteiger charge is -2.39. The number of amides is 1. The lowest BCUT2D eigenvalue weighted by molar-refractivity contribution is -0.153. The van der Waals surface area contributed by atoms with Crippen molar-refractivity contribution in [3.05, 3.63) is 71.3 Å². The first kappa shape index (κ1) is 28.9. The van der Waals surface area contributed by atoms with Crippen molar-refractivity contribution in [2.24, 2.45) is 0 Å². The highest BCUT2D eigenvalue weighted by molar-refractivity contribution is 5.90. The normalized spacial score (nSPS) is 12.9. The molecule has 2 rings (SSSR count). The fraction of sp³-hybridized carbons (Fsp3) is 0.483. The van der Waals surface area contributed by atoms with E-state index in [1.807, 2.05) is 44.2 Å². The standard InChI is InChI=1S/C29H39NO6/c1-27(2,3)35-24(31)21-15-17-22(18-16-21)29(7,8)23(30(9)26(33)36-28(4,5)6)25(32)34-19-20-13-11-10-12-14-20/h10-18,23H,19H2,1-9H3. The topological polar surface area (TPSA) is 82.1 Å². The van der Waals surface area contributed by atoms with E-state index in [9.17, 15) is 14.4 Å². The highest BCUT2D eigenvalue weighted by Gasteiger charge is 2.44. The molecule has 7 nitrogen and oxygen atoms in total. The largest absolute Gasteiger partial charge is 0.459 e. The van der Waals surface area contributed by atoms with Crippen LogP contribution in [0.5, 0.6) is 0 Å². The van der Waals surface area contributed by atoms with Crippen molar-refractivity contribution in [1.29, 1.82) is 0 Å². The van der Waals surface area contributed by atoms with Crippen molar-refractivity contribution in [1.82, 2.24) is 4.90 Å². The maximum Gasteiger partial charge on any atom is 0.410 e. The zero-order chi connectivity index (χ0) is 27.3. The Kier molecular flexibility index (Phi) is 8.94. The molecule has 0 aliphatic carbocycles. The van der Waals surface area contributed by atoms with Gasteiger partial charge in [0.05, 0.1) is 5.56 Å². The fourth-order valence-electron chi connectivity index (χ4n) is 3.71. The SMILES string of the molecule is CN(C(=O)OC(C)(C)C)C(C(=O)OCc1ccccc1)C(C)(C)c1ccc(C(=O)OC(C)(C)C)cc1. The molecule has 0 heterocycles. The van der Waals surface area contributed by atoms with Crippen molar-refractivity contribution >= 4 is 18.0 Å². The third-order valence-electron chi connectivity index (χ3n) is 5.46. The number of carbonyl (C=O) groups excluding carboxylic acids is 3. The van der Waals surface area contributed by atoms with Gasteiger partial charge in [0.1, 0.15) is 23.9 Å². The molecule has 0 N–H and O–H groups in total. The molecule has 0 radical (unpaired) electrons. The van der Waals surface area contributed by atoms with Crippen LogP contribution in [-0.4, -0.2) is 47.2 Å². The summed E-state index contributed by atoms with van der Waals surface area (Å²) in [6, 6.07) is 15.2. The summed E-state index contributed by atoms with van der Waals surface area (Å²) in [4.78, 5) is 40.1. The Morgan fingerprint density at radius 2 is 1.31 bits per heavy atom. The van der Waals surface area contributed by atoms with Crippen LogP contribution in [-0.2, 0) is 31.0 Å². The van der Waals surface area contributed by atoms with Gasteiger partial charge in [-0.3, -0.25) is 4.90 Å². The van der Waals surface area contributed by atoms with Crippen LogP contribution in [0.2, 0.25) is 0 Å². The molecule has 2 aromatic rings. The number of carbonyl (C=O) groups is 3. The number of likely N-dealkylation sites (N-methyl/N-ethyl adjacent to an activating group) is 1. The Balaban J connectivity index is 2.36. The number of ether oxygens (including phenoxy) is 3. The van der Waals surface area contributed by atoms with Crippen LogP contribution in [0.25, 0.3) is 0 Å². The van der Waals surface area contributed by atoms with Gasteiger partial charge in [-0.1, -0.05) is 56.3 Å². The second-order valence-electron chi connectivity index (χ2n) is 11.4. The van der Waals surface area contributed by atoms with Crippen LogP contribution in [0.4, 0.5) is 4.79 Å². The molecule has 1 amide bonds. The molecular weight excluding hydrogens is 458 g/mol. The second kappa shape index (κ2) is 11.1. The van der Waals surface area contributed by atoms with Crippen LogP contribution in [0.3, 0.4) is 0 Å². The molecular formula is C29H39NO6. The summed E-state index contributed by atoms with van der Waals surface area (Å²) in [5, 5.41) is 0. The van der Waals surface area contributed by atoms with E-state index in [4.69, 9.17) is 14.2 Å². The molecule has 36 heavy (non-hydrogen) atoms. The number of nitrogens with zero attached hydrogens (tertiary/aromatic N) is 1. The molecule has 0 saturated heterocycles. The minimum absolute atomic E-state index is 0.0754. The van der Waals surface area contributed by atoms with Crippen molar-refractivity contribution in [2.75, 3.05) is 7.05 Å². The average Bonchev–Trinajstić information content (AvgIpc) is 2.76. The van der Waals surface area contributed by atoms with E-state index in [0.29, 0.717) is 5.56 Å². The molecule has 2 aromatic carbocycles. The third-order valence-corrected chi connectivity index (χ3v) is 5.46. The van der Waals surface area contributed by atoms with E-state index in [1.54, 1.807) is 65.8 Å². The van der Waals surface area contributed by atoms with Gasteiger partial charge >= 0.3 is 18.0 Å². The fourth-order valence-corrected chi connectivity index (χ4v) is 3.71. The summed E-state index contributed by atoms with van der Waals surface area (Å²) in [6.07, 6.45) is -0.636. The zero-order valence-electron chi connectivity index (χ0n) is 22.9. The van der Waals surface area contributed by atoms with Gasteiger partial charge in [-0.25, -0.2) is 14.4 Å². The van der Waals surface area contributed by atoms with Gasteiger partial charge in [0.2, 0.25) is 0 Å². The van der Waals surface area contributed by atoms with E-state index in [0.717, 1.165) is 11.1 Å². The van der Waals surface area contributed by atoms with Crippen molar-refractivity contribution in [2.45, 2.75) is 84.7 Å². The highest BCUT2D eigenvalue weighted by atomic mass is 16.6. The van der Waals surface area contributed by atoms with Crippen molar-refractivity contribution in [3.63, 3.8) is 0 Å². The van der Waals surface area contributed by atoms with E-state index in [1.165, 1.54) is 11.9 Å². The summed E-state index contributed by atoms with van der Waals surface area (Å²) < 4.78 is 16.6. The Morgan fingerprint density at radius 1 is 0.778 bits per heavy atom. The number of esters is 2. The van der Waals surface area contributed by atoms with Crippen LogP contribution < -0.4 is 0 Å². The maximum atomic E-state index is 13.4. The minimum Gasteiger partial charge on any atom is -0.459 e. The molecule has 1 unspecified atom stereocenters.